The summed E-state index contributed by atoms with van der Waals surface area (Å²) in [4.78, 5) is 2.73. The molecule has 0 aromatic heterocycles. The van der Waals surface area contributed by atoms with Crippen LogP contribution in [0.25, 0.3) is 0 Å². The van der Waals surface area contributed by atoms with Crippen molar-refractivity contribution in [2.24, 2.45) is 0 Å². The Morgan fingerprint density at radius 1 is 1.25 bits per heavy atom. The topological polar surface area (TPSA) is 61.4 Å². The van der Waals surface area contributed by atoms with Gasteiger partial charge in [-0.05, 0) is 52.0 Å². The van der Waals surface area contributed by atoms with E-state index in [9.17, 15) is 8.42 Å². The Morgan fingerprint density at radius 2 is 1.90 bits per heavy atom. The molecule has 0 bridgehead atoms. The Morgan fingerprint density at radius 3 is 2.55 bits per heavy atom. The van der Waals surface area contributed by atoms with Crippen LogP contribution in [0.1, 0.15) is 19.8 Å². The molecule has 2 rings (SSSR count). The summed E-state index contributed by atoms with van der Waals surface area (Å²) in [6.07, 6.45) is 2.52. The number of rotatable bonds is 6. The summed E-state index contributed by atoms with van der Waals surface area (Å²) in [7, 11) is -1.99. The van der Waals surface area contributed by atoms with Gasteiger partial charge in [0.05, 0.1) is 5.69 Å². The highest BCUT2D eigenvalue weighted by atomic mass is 32.2. The molecule has 1 aromatic carbocycles. The van der Waals surface area contributed by atoms with Crippen LogP contribution in [0, 0.1) is 0 Å². The van der Waals surface area contributed by atoms with Crippen molar-refractivity contribution in [3.05, 3.63) is 24.3 Å². The molecule has 20 heavy (non-hydrogen) atoms. The molecule has 0 saturated carbocycles. The second kappa shape index (κ2) is 6.56. The normalized spacial score (nSPS) is 18.1. The van der Waals surface area contributed by atoms with Crippen molar-refractivity contribution in [2.75, 3.05) is 32.0 Å². The van der Waals surface area contributed by atoms with Gasteiger partial charge in [-0.3, -0.25) is 4.90 Å². The number of sulfonamides is 1. The predicted octanol–water partition coefficient (Wildman–Crippen LogP) is 1.49. The fourth-order valence-electron chi connectivity index (χ4n) is 2.53. The first-order valence-corrected chi connectivity index (χ1v) is 8.53. The Balaban J connectivity index is 2.06. The summed E-state index contributed by atoms with van der Waals surface area (Å²) in [5, 5.41) is 3.27. The first-order valence-electron chi connectivity index (χ1n) is 7.05. The number of hydrogen-bond acceptors (Lipinski definition) is 4. The van der Waals surface area contributed by atoms with E-state index in [4.69, 9.17) is 0 Å². The van der Waals surface area contributed by atoms with Crippen molar-refractivity contribution in [1.82, 2.24) is 9.62 Å². The van der Waals surface area contributed by atoms with E-state index in [-0.39, 0.29) is 0 Å². The second-order valence-electron chi connectivity index (χ2n) is 5.18. The van der Waals surface area contributed by atoms with E-state index in [1.165, 1.54) is 19.9 Å². The number of nitrogens with zero attached hydrogens (tertiary/aromatic N) is 1. The molecule has 1 aromatic rings. The number of anilines is 1. The summed E-state index contributed by atoms with van der Waals surface area (Å²) in [6.45, 7) is 5.20. The molecule has 1 aliphatic rings. The first-order chi connectivity index (χ1) is 9.54. The van der Waals surface area contributed by atoms with Gasteiger partial charge in [-0.15, -0.1) is 0 Å². The molecule has 0 amide bonds. The highest BCUT2D eigenvalue weighted by molar-refractivity contribution is 7.89. The molecule has 1 fully saturated rings. The van der Waals surface area contributed by atoms with Crippen molar-refractivity contribution in [3.63, 3.8) is 0 Å². The van der Waals surface area contributed by atoms with Crippen LogP contribution in [0.15, 0.2) is 29.2 Å². The number of likely N-dealkylation sites (tertiary alicyclic amines) is 1. The third kappa shape index (κ3) is 3.50. The fourth-order valence-corrected chi connectivity index (χ4v) is 3.43. The largest absolute Gasteiger partial charge is 0.382 e. The van der Waals surface area contributed by atoms with Crippen LogP contribution in [0.5, 0.6) is 0 Å². The second-order valence-corrected chi connectivity index (χ2v) is 7.03. The molecule has 1 saturated heterocycles. The van der Waals surface area contributed by atoms with Crippen LogP contribution in [-0.2, 0) is 10.0 Å². The molecule has 0 spiro atoms. The number of hydrogen-bond donors (Lipinski definition) is 2. The minimum absolute atomic E-state index is 0.302. The van der Waals surface area contributed by atoms with Crippen LogP contribution in [-0.4, -0.2) is 46.0 Å². The zero-order valence-electron chi connectivity index (χ0n) is 12.1. The molecule has 0 radical (unpaired) electrons. The summed E-state index contributed by atoms with van der Waals surface area (Å²) >= 11 is 0. The van der Waals surface area contributed by atoms with E-state index in [0.717, 1.165) is 19.6 Å². The van der Waals surface area contributed by atoms with Gasteiger partial charge in [-0.25, -0.2) is 13.1 Å². The molecule has 5 nitrogen and oxygen atoms in total. The zero-order chi connectivity index (χ0) is 14.6. The van der Waals surface area contributed by atoms with Crippen molar-refractivity contribution in [3.8, 4) is 0 Å². The average molecular weight is 297 g/mol. The molecule has 2 N–H and O–H groups in total. The van der Waals surface area contributed by atoms with E-state index in [2.05, 4.69) is 21.9 Å². The van der Waals surface area contributed by atoms with Gasteiger partial charge in [0.15, 0.2) is 0 Å². The zero-order valence-corrected chi connectivity index (χ0v) is 12.9. The van der Waals surface area contributed by atoms with Crippen LogP contribution in [0.2, 0.25) is 0 Å². The smallest absolute Gasteiger partial charge is 0.242 e. The van der Waals surface area contributed by atoms with Gasteiger partial charge in [0.2, 0.25) is 10.0 Å². The molecule has 0 aliphatic carbocycles. The number of para-hydroxylation sites is 1. The molecular weight excluding hydrogens is 274 g/mol. The monoisotopic (exact) mass is 297 g/mol. The molecule has 112 valence electrons. The van der Waals surface area contributed by atoms with E-state index >= 15 is 0 Å². The van der Waals surface area contributed by atoms with Gasteiger partial charge in [0.25, 0.3) is 0 Å². The maximum atomic E-state index is 12.0. The van der Waals surface area contributed by atoms with Gasteiger partial charge in [0, 0.05) is 12.6 Å². The van der Waals surface area contributed by atoms with E-state index in [0.29, 0.717) is 16.6 Å². The maximum Gasteiger partial charge on any atom is 0.242 e. The SMILES string of the molecule is CNS(=O)(=O)c1ccccc1NCC(C)N1CCCC1. The summed E-state index contributed by atoms with van der Waals surface area (Å²) < 4.78 is 26.3. The maximum absolute atomic E-state index is 12.0. The molecule has 1 atom stereocenters. The summed E-state index contributed by atoms with van der Waals surface area (Å²) in [5.74, 6) is 0. The lowest BCUT2D eigenvalue weighted by molar-refractivity contribution is 0.269. The fraction of sp³-hybridized carbons (Fsp3) is 0.571. The highest BCUT2D eigenvalue weighted by Gasteiger charge is 2.19. The van der Waals surface area contributed by atoms with Gasteiger partial charge in [0.1, 0.15) is 4.90 Å². The number of nitrogens with one attached hydrogen (secondary N) is 2. The average Bonchev–Trinajstić information content (AvgIpc) is 2.99. The third-order valence-corrected chi connectivity index (χ3v) is 5.27. The number of benzene rings is 1. The van der Waals surface area contributed by atoms with Crippen LogP contribution in [0.4, 0.5) is 5.69 Å². The van der Waals surface area contributed by atoms with Crippen LogP contribution >= 0.6 is 0 Å². The van der Waals surface area contributed by atoms with Gasteiger partial charge >= 0.3 is 0 Å². The lowest BCUT2D eigenvalue weighted by Crippen LogP contribution is -2.35. The molecule has 1 heterocycles. The Hall–Kier alpha value is -1.11. The van der Waals surface area contributed by atoms with Crippen molar-refractivity contribution >= 4 is 15.7 Å². The minimum atomic E-state index is -3.42. The van der Waals surface area contributed by atoms with Gasteiger partial charge in [-0.2, -0.15) is 0 Å². The van der Waals surface area contributed by atoms with E-state index in [1.807, 2.05) is 6.07 Å². The van der Waals surface area contributed by atoms with Gasteiger partial charge in [-0.1, -0.05) is 12.1 Å². The highest BCUT2D eigenvalue weighted by Crippen LogP contribution is 2.21. The van der Waals surface area contributed by atoms with Crippen LogP contribution in [0.3, 0.4) is 0 Å². The molecule has 1 aliphatic heterocycles. The Kier molecular flexibility index (Phi) is 5.01. The van der Waals surface area contributed by atoms with Crippen molar-refractivity contribution in [2.45, 2.75) is 30.7 Å². The molecule has 6 heteroatoms. The van der Waals surface area contributed by atoms with E-state index < -0.39 is 10.0 Å². The molecule has 1 unspecified atom stereocenters. The lowest BCUT2D eigenvalue weighted by Gasteiger charge is -2.24. The Bertz CT molecular complexity index is 539. The van der Waals surface area contributed by atoms with E-state index in [1.54, 1.807) is 18.2 Å². The quantitative estimate of drug-likeness (QED) is 0.835. The van der Waals surface area contributed by atoms with Gasteiger partial charge < -0.3 is 5.32 Å². The van der Waals surface area contributed by atoms with Crippen molar-refractivity contribution < 1.29 is 8.42 Å². The summed E-state index contributed by atoms with van der Waals surface area (Å²) in [5.41, 5.74) is 0.660. The molecular formula is C14H23N3O2S. The first kappa shape index (κ1) is 15.3. The lowest BCUT2D eigenvalue weighted by atomic mass is 10.2. The Labute approximate surface area is 121 Å². The van der Waals surface area contributed by atoms with Crippen LogP contribution < -0.4 is 10.0 Å². The third-order valence-electron chi connectivity index (χ3n) is 3.80. The minimum Gasteiger partial charge on any atom is -0.382 e. The predicted molar refractivity (Wildman–Crippen MR) is 81.4 cm³/mol. The van der Waals surface area contributed by atoms with Crippen molar-refractivity contribution in [1.29, 1.82) is 0 Å². The summed E-state index contributed by atoms with van der Waals surface area (Å²) in [6, 6.07) is 7.41. The standard InChI is InChI=1S/C14H23N3O2S/c1-12(17-9-5-6-10-17)11-16-13-7-3-4-8-14(13)20(18,19)15-2/h3-4,7-8,12,15-16H,5-6,9-11H2,1-2H3.